The van der Waals surface area contributed by atoms with E-state index >= 15 is 0 Å². The molecule has 6 heteroatoms. The highest BCUT2D eigenvalue weighted by molar-refractivity contribution is 6.99. The Morgan fingerprint density at radius 2 is 2.07 bits per heavy atom. The number of hydrogen-bond donors (Lipinski definition) is 1. The normalized spacial score (nSPS) is 12.6. The molecule has 0 radical (unpaired) electrons. The van der Waals surface area contributed by atoms with Crippen LogP contribution in [0.4, 0.5) is 0 Å². The van der Waals surface area contributed by atoms with Gasteiger partial charge in [-0.2, -0.15) is 8.75 Å². The smallest absolute Gasteiger partial charge is 0.115 e. The molecule has 2 aromatic rings. The second kappa shape index (κ2) is 4.21. The van der Waals surface area contributed by atoms with E-state index in [9.17, 15) is 0 Å². The summed E-state index contributed by atoms with van der Waals surface area (Å²) in [5.41, 5.74) is 1.88. The molecule has 0 amide bonds. The fourth-order valence-electron chi connectivity index (χ4n) is 1.24. The zero-order valence-corrected chi connectivity index (χ0v) is 8.40. The molecule has 2 aromatic heterocycles. The number of rotatable bonds is 3. The highest BCUT2D eigenvalue weighted by Crippen LogP contribution is 2.17. The highest BCUT2D eigenvalue weighted by Gasteiger charge is 2.14. The van der Waals surface area contributed by atoms with Gasteiger partial charge in [0.1, 0.15) is 6.33 Å². The maximum absolute atomic E-state index is 4.18. The van der Waals surface area contributed by atoms with Gasteiger partial charge in [-0.05, 0) is 7.05 Å². The van der Waals surface area contributed by atoms with E-state index < -0.39 is 0 Å². The first kappa shape index (κ1) is 9.17. The molecule has 14 heavy (non-hydrogen) atoms. The Labute approximate surface area is 85.6 Å². The molecular weight excluding hydrogens is 198 g/mol. The zero-order chi connectivity index (χ0) is 9.80. The van der Waals surface area contributed by atoms with Crippen molar-refractivity contribution >= 4 is 11.7 Å². The van der Waals surface area contributed by atoms with Crippen molar-refractivity contribution in [2.75, 3.05) is 7.05 Å². The van der Waals surface area contributed by atoms with Crippen LogP contribution in [0.1, 0.15) is 17.3 Å². The van der Waals surface area contributed by atoms with Gasteiger partial charge in [0.15, 0.2) is 0 Å². The van der Waals surface area contributed by atoms with Crippen LogP contribution in [0.5, 0.6) is 0 Å². The molecule has 0 aliphatic heterocycles. The average Bonchev–Trinajstić information content (AvgIpc) is 2.74. The Morgan fingerprint density at radius 1 is 1.29 bits per heavy atom. The summed E-state index contributed by atoms with van der Waals surface area (Å²) in [6, 6.07) is 0.0231. The number of nitrogens with zero attached hydrogens (tertiary/aromatic N) is 4. The lowest BCUT2D eigenvalue weighted by Gasteiger charge is -2.11. The van der Waals surface area contributed by atoms with Crippen molar-refractivity contribution in [2.24, 2.45) is 0 Å². The minimum Gasteiger partial charge on any atom is -0.308 e. The fourth-order valence-corrected chi connectivity index (χ4v) is 1.69. The lowest BCUT2D eigenvalue weighted by atomic mass is 10.1. The van der Waals surface area contributed by atoms with E-state index in [1.807, 2.05) is 7.05 Å². The van der Waals surface area contributed by atoms with Gasteiger partial charge in [-0.3, -0.25) is 0 Å². The van der Waals surface area contributed by atoms with E-state index in [1.54, 1.807) is 18.6 Å². The van der Waals surface area contributed by atoms with Gasteiger partial charge >= 0.3 is 0 Å². The molecule has 2 heterocycles. The molecule has 72 valence electrons. The van der Waals surface area contributed by atoms with E-state index in [2.05, 4.69) is 24.0 Å². The predicted molar refractivity (Wildman–Crippen MR) is 52.8 cm³/mol. The second-order valence-electron chi connectivity index (χ2n) is 2.73. The van der Waals surface area contributed by atoms with Crippen LogP contribution in [0, 0.1) is 0 Å². The monoisotopic (exact) mass is 207 g/mol. The molecule has 0 fully saturated rings. The van der Waals surface area contributed by atoms with Gasteiger partial charge < -0.3 is 5.32 Å². The van der Waals surface area contributed by atoms with Gasteiger partial charge in [-0.1, -0.05) is 0 Å². The summed E-state index contributed by atoms with van der Waals surface area (Å²) in [6.45, 7) is 0. The molecule has 1 unspecified atom stereocenters. The highest BCUT2D eigenvalue weighted by atomic mass is 32.1. The third-order valence-electron chi connectivity index (χ3n) is 1.88. The van der Waals surface area contributed by atoms with Crippen LogP contribution in [-0.2, 0) is 0 Å². The van der Waals surface area contributed by atoms with E-state index in [-0.39, 0.29) is 6.04 Å². The maximum atomic E-state index is 4.18. The minimum absolute atomic E-state index is 0.0231. The third kappa shape index (κ3) is 1.75. The molecule has 2 rings (SSSR count). The Bertz CT molecular complexity index is 374. The van der Waals surface area contributed by atoms with E-state index in [4.69, 9.17) is 0 Å². The van der Waals surface area contributed by atoms with Gasteiger partial charge in [-0.25, -0.2) is 9.97 Å². The summed E-state index contributed by atoms with van der Waals surface area (Å²) in [5, 5.41) is 3.14. The van der Waals surface area contributed by atoms with Gasteiger partial charge in [0.05, 0.1) is 29.7 Å². The Balaban J connectivity index is 2.31. The molecule has 0 aliphatic rings. The van der Waals surface area contributed by atoms with E-state index in [0.29, 0.717) is 0 Å². The van der Waals surface area contributed by atoms with Crippen LogP contribution in [-0.4, -0.2) is 25.8 Å². The second-order valence-corrected chi connectivity index (χ2v) is 3.28. The number of hydrogen-bond acceptors (Lipinski definition) is 6. The SMILES string of the molecule is CNC(c1cncnc1)c1cnsn1. The summed E-state index contributed by atoms with van der Waals surface area (Å²) >= 11 is 1.20. The minimum atomic E-state index is 0.0231. The molecular formula is C8H9N5S. The average molecular weight is 207 g/mol. The fraction of sp³-hybridized carbons (Fsp3) is 0.250. The summed E-state index contributed by atoms with van der Waals surface area (Å²) in [5.74, 6) is 0. The molecule has 0 saturated carbocycles. The number of nitrogens with one attached hydrogen (secondary N) is 1. The number of aromatic nitrogens is 4. The van der Waals surface area contributed by atoms with Crippen LogP contribution in [0.25, 0.3) is 0 Å². The standard InChI is InChI=1S/C8H9N5S/c1-9-8(7-4-12-14-13-7)6-2-10-5-11-3-6/h2-5,8-9H,1H3. The maximum Gasteiger partial charge on any atom is 0.115 e. The quantitative estimate of drug-likeness (QED) is 0.800. The van der Waals surface area contributed by atoms with Crippen LogP contribution < -0.4 is 5.32 Å². The van der Waals surface area contributed by atoms with Gasteiger partial charge in [-0.15, -0.1) is 0 Å². The van der Waals surface area contributed by atoms with Crippen molar-refractivity contribution in [3.05, 3.63) is 36.2 Å². The molecule has 0 saturated heterocycles. The van der Waals surface area contributed by atoms with Crippen molar-refractivity contribution in [1.29, 1.82) is 0 Å². The zero-order valence-electron chi connectivity index (χ0n) is 7.58. The molecule has 0 aliphatic carbocycles. The first-order chi connectivity index (χ1) is 6.92. The first-order valence-corrected chi connectivity index (χ1v) is 4.84. The Kier molecular flexibility index (Phi) is 2.76. The van der Waals surface area contributed by atoms with Crippen LogP contribution >= 0.6 is 11.7 Å². The van der Waals surface area contributed by atoms with Crippen molar-refractivity contribution < 1.29 is 0 Å². The first-order valence-electron chi connectivity index (χ1n) is 4.11. The molecule has 5 nitrogen and oxygen atoms in total. The lowest BCUT2D eigenvalue weighted by molar-refractivity contribution is 0.670. The summed E-state index contributed by atoms with van der Waals surface area (Å²) < 4.78 is 8.14. The van der Waals surface area contributed by atoms with E-state index in [0.717, 1.165) is 11.3 Å². The van der Waals surface area contributed by atoms with Gasteiger partial charge in [0.25, 0.3) is 0 Å². The third-order valence-corrected chi connectivity index (χ3v) is 2.37. The Morgan fingerprint density at radius 3 is 2.64 bits per heavy atom. The topological polar surface area (TPSA) is 63.6 Å². The van der Waals surface area contributed by atoms with Crippen molar-refractivity contribution in [3.63, 3.8) is 0 Å². The molecule has 1 atom stereocenters. The van der Waals surface area contributed by atoms with Crippen molar-refractivity contribution in [3.8, 4) is 0 Å². The molecule has 0 spiro atoms. The van der Waals surface area contributed by atoms with Crippen molar-refractivity contribution in [1.82, 2.24) is 24.0 Å². The van der Waals surface area contributed by atoms with Crippen LogP contribution in [0.3, 0.4) is 0 Å². The van der Waals surface area contributed by atoms with Crippen LogP contribution in [0.2, 0.25) is 0 Å². The molecule has 0 bridgehead atoms. The molecule has 0 aromatic carbocycles. The van der Waals surface area contributed by atoms with E-state index in [1.165, 1.54) is 18.1 Å². The van der Waals surface area contributed by atoms with Gasteiger partial charge in [0.2, 0.25) is 0 Å². The van der Waals surface area contributed by atoms with Gasteiger partial charge in [0, 0.05) is 18.0 Å². The Hall–Kier alpha value is -1.40. The lowest BCUT2D eigenvalue weighted by Crippen LogP contribution is -2.18. The van der Waals surface area contributed by atoms with Crippen LogP contribution in [0.15, 0.2) is 24.9 Å². The largest absolute Gasteiger partial charge is 0.308 e. The summed E-state index contributed by atoms with van der Waals surface area (Å²) in [4.78, 5) is 7.94. The summed E-state index contributed by atoms with van der Waals surface area (Å²) in [6.07, 6.45) is 6.80. The predicted octanol–water partition coefficient (Wildman–Crippen LogP) is 0.637. The molecule has 1 N–H and O–H groups in total. The van der Waals surface area contributed by atoms with Crippen molar-refractivity contribution in [2.45, 2.75) is 6.04 Å². The summed E-state index contributed by atoms with van der Waals surface area (Å²) in [7, 11) is 1.87.